The SMILES string of the molecule is CC(C)OCC(C)(C)OCCCCOC(C)(C)CO. The van der Waals surface area contributed by atoms with Crippen LogP contribution in [0.1, 0.15) is 54.4 Å². The summed E-state index contributed by atoms with van der Waals surface area (Å²) in [6.45, 7) is 13.9. The minimum absolute atomic E-state index is 0.0447. The molecule has 0 unspecified atom stereocenters. The van der Waals surface area contributed by atoms with Gasteiger partial charge in [0.1, 0.15) is 0 Å². The summed E-state index contributed by atoms with van der Waals surface area (Å²) >= 11 is 0. The molecular weight excluding hydrogens is 244 g/mol. The number of rotatable bonds is 11. The number of unbranched alkanes of at least 4 members (excludes halogenated alkanes) is 1. The molecule has 0 aliphatic rings. The van der Waals surface area contributed by atoms with Crippen LogP contribution in [-0.4, -0.2) is 48.8 Å². The minimum atomic E-state index is -0.439. The topological polar surface area (TPSA) is 47.9 Å². The quantitative estimate of drug-likeness (QED) is 0.590. The number of hydrogen-bond acceptors (Lipinski definition) is 4. The summed E-state index contributed by atoms with van der Waals surface area (Å²) in [5.74, 6) is 0. The summed E-state index contributed by atoms with van der Waals surface area (Å²) in [5, 5.41) is 9.04. The predicted molar refractivity (Wildman–Crippen MR) is 77.5 cm³/mol. The van der Waals surface area contributed by atoms with Gasteiger partial charge in [-0.25, -0.2) is 0 Å². The Labute approximate surface area is 118 Å². The summed E-state index contributed by atoms with van der Waals surface area (Å²) in [5.41, 5.74) is -0.680. The highest BCUT2D eigenvalue weighted by Crippen LogP contribution is 2.13. The van der Waals surface area contributed by atoms with Crippen LogP contribution >= 0.6 is 0 Å². The van der Waals surface area contributed by atoms with Gasteiger partial charge in [0.15, 0.2) is 0 Å². The van der Waals surface area contributed by atoms with Crippen molar-refractivity contribution in [2.24, 2.45) is 0 Å². The Morgan fingerprint density at radius 2 is 1.37 bits per heavy atom. The molecule has 4 nitrogen and oxygen atoms in total. The Bertz CT molecular complexity index is 224. The number of aliphatic hydroxyl groups is 1. The average molecular weight is 276 g/mol. The van der Waals surface area contributed by atoms with Gasteiger partial charge in [-0.3, -0.25) is 0 Å². The molecule has 0 fully saturated rings. The zero-order valence-corrected chi connectivity index (χ0v) is 13.5. The van der Waals surface area contributed by atoms with E-state index in [-0.39, 0.29) is 18.3 Å². The van der Waals surface area contributed by atoms with E-state index in [0.29, 0.717) is 19.8 Å². The van der Waals surface area contributed by atoms with Crippen molar-refractivity contribution in [2.75, 3.05) is 26.4 Å². The first kappa shape index (κ1) is 18.8. The van der Waals surface area contributed by atoms with E-state index < -0.39 is 5.60 Å². The third-order valence-corrected chi connectivity index (χ3v) is 2.67. The van der Waals surface area contributed by atoms with Crippen molar-refractivity contribution in [3.05, 3.63) is 0 Å². The molecule has 0 radical (unpaired) electrons. The molecule has 0 saturated carbocycles. The Morgan fingerprint density at radius 1 is 0.895 bits per heavy atom. The third kappa shape index (κ3) is 11.4. The molecule has 0 saturated heterocycles. The Balaban J connectivity index is 3.58. The monoisotopic (exact) mass is 276 g/mol. The van der Waals surface area contributed by atoms with E-state index in [4.69, 9.17) is 19.3 Å². The predicted octanol–water partition coefficient (Wildman–Crippen LogP) is 2.77. The second kappa shape index (κ2) is 8.90. The van der Waals surface area contributed by atoms with E-state index in [1.165, 1.54) is 0 Å². The fourth-order valence-corrected chi connectivity index (χ4v) is 1.36. The second-order valence-corrected chi connectivity index (χ2v) is 6.44. The molecule has 0 atom stereocenters. The van der Waals surface area contributed by atoms with E-state index in [9.17, 15) is 0 Å². The van der Waals surface area contributed by atoms with Gasteiger partial charge in [0.25, 0.3) is 0 Å². The summed E-state index contributed by atoms with van der Waals surface area (Å²) < 4.78 is 16.9. The van der Waals surface area contributed by atoms with Crippen molar-refractivity contribution in [1.82, 2.24) is 0 Å². The van der Waals surface area contributed by atoms with E-state index in [0.717, 1.165) is 12.8 Å². The van der Waals surface area contributed by atoms with E-state index in [1.807, 2.05) is 41.5 Å². The standard InChI is InChI=1S/C15H32O4/c1-13(2)17-12-15(5,6)19-10-8-7-9-18-14(3,4)11-16/h13,16H,7-12H2,1-6H3. The van der Waals surface area contributed by atoms with Crippen LogP contribution in [0, 0.1) is 0 Å². The highest BCUT2D eigenvalue weighted by molar-refractivity contribution is 4.68. The molecular formula is C15H32O4. The molecule has 1 N–H and O–H groups in total. The van der Waals surface area contributed by atoms with Crippen molar-refractivity contribution in [3.8, 4) is 0 Å². The van der Waals surface area contributed by atoms with Gasteiger partial charge in [-0.15, -0.1) is 0 Å². The molecule has 0 aliphatic carbocycles. The molecule has 0 aromatic rings. The number of hydrogen-bond donors (Lipinski definition) is 1. The fraction of sp³-hybridized carbons (Fsp3) is 1.00. The number of ether oxygens (including phenoxy) is 3. The first-order valence-electron chi connectivity index (χ1n) is 7.19. The smallest absolute Gasteiger partial charge is 0.0859 e. The lowest BCUT2D eigenvalue weighted by molar-refractivity contribution is -0.0921. The molecule has 116 valence electrons. The molecule has 0 heterocycles. The molecule has 0 spiro atoms. The van der Waals surface area contributed by atoms with Gasteiger partial charge in [-0.05, 0) is 54.4 Å². The first-order chi connectivity index (χ1) is 8.68. The number of aliphatic hydroxyl groups excluding tert-OH is 1. The van der Waals surface area contributed by atoms with Crippen LogP contribution in [0.25, 0.3) is 0 Å². The maximum absolute atomic E-state index is 9.04. The van der Waals surface area contributed by atoms with Gasteiger partial charge < -0.3 is 19.3 Å². The zero-order valence-electron chi connectivity index (χ0n) is 13.5. The van der Waals surface area contributed by atoms with E-state index >= 15 is 0 Å². The van der Waals surface area contributed by atoms with Crippen molar-refractivity contribution >= 4 is 0 Å². The van der Waals surface area contributed by atoms with Crippen molar-refractivity contribution < 1.29 is 19.3 Å². The van der Waals surface area contributed by atoms with Gasteiger partial charge in [-0.1, -0.05) is 0 Å². The molecule has 19 heavy (non-hydrogen) atoms. The van der Waals surface area contributed by atoms with Gasteiger partial charge in [0.2, 0.25) is 0 Å². The van der Waals surface area contributed by atoms with Crippen molar-refractivity contribution in [3.63, 3.8) is 0 Å². The second-order valence-electron chi connectivity index (χ2n) is 6.44. The lowest BCUT2D eigenvalue weighted by Gasteiger charge is -2.26. The summed E-state index contributed by atoms with van der Waals surface area (Å²) in [6, 6.07) is 0. The maximum Gasteiger partial charge on any atom is 0.0859 e. The van der Waals surface area contributed by atoms with Crippen molar-refractivity contribution in [2.45, 2.75) is 71.7 Å². The Morgan fingerprint density at radius 3 is 1.79 bits per heavy atom. The van der Waals surface area contributed by atoms with E-state index in [2.05, 4.69) is 0 Å². The van der Waals surface area contributed by atoms with Gasteiger partial charge in [-0.2, -0.15) is 0 Å². The summed E-state index contributed by atoms with van der Waals surface area (Å²) in [6.07, 6.45) is 2.12. The van der Waals surface area contributed by atoms with Gasteiger partial charge in [0.05, 0.1) is 30.5 Å². The minimum Gasteiger partial charge on any atom is -0.393 e. The lowest BCUT2D eigenvalue weighted by atomic mass is 10.1. The molecule has 0 aromatic heterocycles. The first-order valence-corrected chi connectivity index (χ1v) is 7.19. The average Bonchev–Trinajstić information content (AvgIpc) is 2.31. The molecule has 0 rings (SSSR count). The molecule has 0 aliphatic heterocycles. The highest BCUT2D eigenvalue weighted by atomic mass is 16.5. The van der Waals surface area contributed by atoms with Gasteiger partial charge >= 0.3 is 0 Å². The third-order valence-electron chi connectivity index (χ3n) is 2.67. The Kier molecular flexibility index (Phi) is 8.83. The largest absolute Gasteiger partial charge is 0.393 e. The summed E-state index contributed by atoms with van der Waals surface area (Å²) in [4.78, 5) is 0. The lowest BCUT2D eigenvalue weighted by Crippen LogP contribution is -2.32. The van der Waals surface area contributed by atoms with Crippen molar-refractivity contribution in [1.29, 1.82) is 0 Å². The fourth-order valence-electron chi connectivity index (χ4n) is 1.36. The highest BCUT2D eigenvalue weighted by Gasteiger charge is 2.19. The Hall–Kier alpha value is -0.160. The van der Waals surface area contributed by atoms with Gasteiger partial charge in [0, 0.05) is 13.2 Å². The summed E-state index contributed by atoms with van der Waals surface area (Å²) in [7, 11) is 0. The van der Waals surface area contributed by atoms with Crippen LogP contribution in [-0.2, 0) is 14.2 Å². The molecule has 0 aromatic carbocycles. The van der Waals surface area contributed by atoms with E-state index in [1.54, 1.807) is 0 Å². The normalized spacial score (nSPS) is 13.3. The van der Waals surface area contributed by atoms with Crippen LogP contribution in [0.2, 0.25) is 0 Å². The van der Waals surface area contributed by atoms with Crippen LogP contribution in [0.15, 0.2) is 0 Å². The molecule has 0 amide bonds. The zero-order chi connectivity index (χ0) is 14.9. The van der Waals surface area contributed by atoms with Crippen LogP contribution in [0.4, 0.5) is 0 Å². The maximum atomic E-state index is 9.04. The van der Waals surface area contributed by atoms with Crippen LogP contribution in [0.3, 0.4) is 0 Å². The van der Waals surface area contributed by atoms with Crippen LogP contribution < -0.4 is 0 Å². The van der Waals surface area contributed by atoms with Crippen LogP contribution in [0.5, 0.6) is 0 Å². The molecule has 4 heteroatoms. The molecule has 0 bridgehead atoms.